The maximum atomic E-state index is 13.2. The average Bonchev–Trinajstić information content (AvgIpc) is 2.53. The van der Waals surface area contributed by atoms with Crippen LogP contribution in [0.4, 0.5) is 18.9 Å². The van der Waals surface area contributed by atoms with E-state index in [2.05, 4.69) is 10.3 Å². The predicted octanol–water partition coefficient (Wildman–Crippen LogP) is 4.56. The zero-order valence-corrected chi connectivity index (χ0v) is 12.2. The van der Waals surface area contributed by atoms with Crippen molar-refractivity contribution < 1.29 is 18.0 Å². The molecule has 2 aromatic carbocycles. The molecule has 0 atom stereocenters. The van der Waals surface area contributed by atoms with Gasteiger partial charge in [0.15, 0.2) is 17.5 Å². The lowest BCUT2D eigenvalue weighted by atomic mass is 10.1. The molecule has 0 bridgehead atoms. The van der Waals surface area contributed by atoms with Gasteiger partial charge in [-0.15, -0.1) is 0 Å². The number of nitrogens with zero attached hydrogens (tertiary/aromatic N) is 1. The summed E-state index contributed by atoms with van der Waals surface area (Å²) < 4.78 is 39.3. The van der Waals surface area contributed by atoms with Crippen LogP contribution in [-0.4, -0.2) is 10.9 Å². The summed E-state index contributed by atoms with van der Waals surface area (Å²) in [6, 6.07) is 7.72. The molecule has 1 heterocycles. The van der Waals surface area contributed by atoms with Gasteiger partial charge in [0, 0.05) is 29.4 Å². The highest BCUT2D eigenvalue weighted by Crippen LogP contribution is 2.26. The second kappa shape index (κ2) is 5.89. The van der Waals surface area contributed by atoms with Crippen LogP contribution in [0.15, 0.2) is 42.6 Å². The van der Waals surface area contributed by atoms with E-state index in [-0.39, 0.29) is 11.3 Å². The van der Waals surface area contributed by atoms with Gasteiger partial charge in [-0.3, -0.25) is 9.78 Å². The van der Waals surface area contributed by atoms with Crippen molar-refractivity contribution in [3.8, 4) is 0 Å². The van der Waals surface area contributed by atoms with Crippen LogP contribution in [0.1, 0.15) is 10.4 Å². The molecule has 0 saturated carbocycles. The number of nitrogens with one attached hydrogen (secondary N) is 1. The highest BCUT2D eigenvalue weighted by Gasteiger charge is 2.16. The molecular formula is C16H8ClF3N2O. The van der Waals surface area contributed by atoms with Gasteiger partial charge < -0.3 is 5.32 Å². The van der Waals surface area contributed by atoms with E-state index in [0.29, 0.717) is 28.1 Å². The van der Waals surface area contributed by atoms with E-state index in [4.69, 9.17) is 11.6 Å². The van der Waals surface area contributed by atoms with Crippen molar-refractivity contribution >= 4 is 34.1 Å². The van der Waals surface area contributed by atoms with Gasteiger partial charge >= 0.3 is 0 Å². The summed E-state index contributed by atoms with van der Waals surface area (Å²) in [5.74, 6) is -5.02. The number of hydrogen-bond acceptors (Lipinski definition) is 2. The molecule has 0 aliphatic carbocycles. The van der Waals surface area contributed by atoms with E-state index in [9.17, 15) is 18.0 Å². The summed E-state index contributed by atoms with van der Waals surface area (Å²) in [7, 11) is 0. The minimum absolute atomic E-state index is 0.176. The lowest BCUT2D eigenvalue weighted by molar-refractivity contribution is 0.102. The number of halogens is 4. The second-order valence-corrected chi connectivity index (χ2v) is 5.11. The Morgan fingerprint density at radius 2 is 1.78 bits per heavy atom. The van der Waals surface area contributed by atoms with Gasteiger partial charge in [0.2, 0.25) is 0 Å². The smallest absolute Gasteiger partial charge is 0.257 e. The zero-order chi connectivity index (χ0) is 16.6. The number of aromatic nitrogens is 1. The standard InChI is InChI=1S/C16H8ClF3N2O/c17-11-4-3-10(15-9(11)2-1-5-21-15)16(23)22-8-6-12(18)14(20)13(19)7-8/h1-7H,(H,22,23). The Labute approximate surface area is 133 Å². The molecule has 0 spiro atoms. The highest BCUT2D eigenvalue weighted by atomic mass is 35.5. The third-order valence-corrected chi connectivity index (χ3v) is 3.53. The minimum Gasteiger partial charge on any atom is -0.322 e. The zero-order valence-electron chi connectivity index (χ0n) is 11.4. The number of fused-ring (bicyclic) bond motifs is 1. The Bertz CT molecular complexity index is 907. The molecule has 23 heavy (non-hydrogen) atoms. The highest BCUT2D eigenvalue weighted by molar-refractivity contribution is 6.36. The van der Waals surface area contributed by atoms with Crippen molar-refractivity contribution in [3.05, 3.63) is 70.6 Å². The molecule has 1 aromatic heterocycles. The normalized spacial score (nSPS) is 10.8. The van der Waals surface area contributed by atoms with Crippen LogP contribution in [0.5, 0.6) is 0 Å². The summed E-state index contributed by atoms with van der Waals surface area (Å²) >= 11 is 6.04. The average molecular weight is 337 g/mol. The van der Waals surface area contributed by atoms with Gasteiger partial charge in [0.05, 0.1) is 16.1 Å². The van der Waals surface area contributed by atoms with Crippen molar-refractivity contribution in [3.63, 3.8) is 0 Å². The van der Waals surface area contributed by atoms with Gasteiger partial charge in [-0.05, 0) is 24.3 Å². The monoisotopic (exact) mass is 336 g/mol. The van der Waals surface area contributed by atoms with Crippen LogP contribution in [0, 0.1) is 17.5 Å². The Morgan fingerprint density at radius 1 is 1.09 bits per heavy atom. The minimum atomic E-state index is -1.60. The van der Waals surface area contributed by atoms with Crippen LogP contribution in [0.3, 0.4) is 0 Å². The maximum Gasteiger partial charge on any atom is 0.257 e. The summed E-state index contributed by atoms with van der Waals surface area (Å²) in [5.41, 5.74) is 0.320. The molecule has 0 unspecified atom stereocenters. The van der Waals surface area contributed by atoms with Crippen LogP contribution < -0.4 is 5.32 Å². The van der Waals surface area contributed by atoms with Crippen molar-refractivity contribution in [1.82, 2.24) is 4.98 Å². The number of carbonyl (C=O) groups is 1. The molecular weight excluding hydrogens is 329 g/mol. The first-order valence-corrected chi connectivity index (χ1v) is 6.84. The fraction of sp³-hybridized carbons (Fsp3) is 0. The maximum absolute atomic E-state index is 13.2. The van der Waals surface area contributed by atoms with Crippen LogP contribution in [-0.2, 0) is 0 Å². The van der Waals surface area contributed by atoms with Crippen molar-refractivity contribution in [2.24, 2.45) is 0 Å². The lowest BCUT2D eigenvalue weighted by Gasteiger charge is -2.09. The topological polar surface area (TPSA) is 42.0 Å². The molecule has 3 rings (SSSR count). The van der Waals surface area contributed by atoms with E-state index in [0.717, 1.165) is 0 Å². The summed E-state index contributed by atoms with van der Waals surface area (Å²) in [6.07, 6.45) is 1.49. The number of carbonyl (C=O) groups excluding carboxylic acids is 1. The largest absolute Gasteiger partial charge is 0.322 e. The van der Waals surface area contributed by atoms with Crippen LogP contribution in [0.25, 0.3) is 10.9 Å². The van der Waals surface area contributed by atoms with Gasteiger partial charge in [-0.25, -0.2) is 13.2 Å². The number of anilines is 1. The lowest BCUT2D eigenvalue weighted by Crippen LogP contribution is -2.13. The molecule has 3 aromatic rings. The third-order valence-electron chi connectivity index (χ3n) is 3.20. The Balaban J connectivity index is 2.00. The van der Waals surface area contributed by atoms with E-state index in [1.807, 2.05) is 0 Å². The molecule has 1 amide bonds. The fourth-order valence-electron chi connectivity index (χ4n) is 2.15. The second-order valence-electron chi connectivity index (χ2n) is 4.70. The molecule has 0 fully saturated rings. The predicted molar refractivity (Wildman–Crippen MR) is 81.0 cm³/mol. The Morgan fingerprint density at radius 3 is 2.48 bits per heavy atom. The number of rotatable bonds is 2. The van der Waals surface area contributed by atoms with E-state index < -0.39 is 23.4 Å². The molecule has 0 radical (unpaired) electrons. The summed E-state index contributed by atoms with van der Waals surface area (Å²) in [4.78, 5) is 16.4. The Kier molecular flexibility index (Phi) is 3.92. The fourth-order valence-corrected chi connectivity index (χ4v) is 2.36. The number of pyridine rings is 1. The van der Waals surface area contributed by atoms with E-state index >= 15 is 0 Å². The molecule has 0 saturated heterocycles. The van der Waals surface area contributed by atoms with Gasteiger partial charge in [-0.1, -0.05) is 11.6 Å². The van der Waals surface area contributed by atoms with Crippen molar-refractivity contribution in [1.29, 1.82) is 0 Å². The molecule has 3 nitrogen and oxygen atoms in total. The van der Waals surface area contributed by atoms with Crippen molar-refractivity contribution in [2.75, 3.05) is 5.32 Å². The molecule has 1 N–H and O–H groups in total. The first-order chi connectivity index (χ1) is 11.0. The van der Waals surface area contributed by atoms with E-state index in [1.54, 1.807) is 12.1 Å². The molecule has 7 heteroatoms. The molecule has 0 aliphatic rings. The number of hydrogen-bond donors (Lipinski definition) is 1. The van der Waals surface area contributed by atoms with Crippen LogP contribution in [0.2, 0.25) is 5.02 Å². The Hall–Kier alpha value is -2.60. The van der Waals surface area contributed by atoms with Crippen LogP contribution >= 0.6 is 11.6 Å². The first kappa shape index (κ1) is 15.3. The first-order valence-electron chi connectivity index (χ1n) is 6.46. The quantitative estimate of drug-likeness (QED) is 0.697. The summed E-state index contributed by atoms with van der Waals surface area (Å²) in [6.45, 7) is 0. The van der Waals surface area contributed by atoms with E-state index in [1.165, 1.54) is 18.3 Å². The number of benzene rings is 2. The van der Waals surface area contributed by atoms with Gasteiger partial charge in [-0.2, -0.15) is 0 Å². The summed E-state index contributed by atoms with van der Waals surface area (Å²) in [5, 5.41) is 3.30. The molecule has 0 aliphatic heterocycles. The van der Waals surface area contributed by atoms with Crippen molar-refractivity contribution in [2.45, 2.75) is 0 Å². The number of amides is 1. The molecule has 116 valence electrons. The van der Waals surface area contributed by atoms with Gasteiger partial charge in [0.1, 0.15) is 0 Å². The third kappa shape index (κ3) is 2.85. The van der Waals surface area contributed by atoms with Gasteiger partial charge in [0.25, 0.3) is 5.91 Å². The SMILES string of the molecule is O=C(Nc1cc(F)c(F)c(F)c1)c1ccc(Cl)c2cccnc12.